The number of nitrogens with one attached hydrogen (secondary N) is 1. The zero-order valence-corrected chi connectivity index (χ0v) is 21.3. The number of anilines is 1. The number of benzene rings is 1. The van der Waals surface area contributed by atoms with Crippen LogP contribution in [0.5, 0.6) is 0 Å². The van der Waals surface area contributed by atoms with E-state index in [2.05, 4.69) is 28.2 Å². The van der Waals surface area contributed by atoms with Gasteiger partial charge >= 0.3 is 5.97 Å². The van der Waals surface area contributed by atoms with Gasteiger partial charge in [-0.1, -0.05) is 36.0 Å². The molecule has 0 aliphatic carbocycles. The SMILES string of the molecule is C=CCn1c(SCC(=O)Nc2sc(C(N)=O)c(C)c2C(=O)OC)nnc1-c1csc2ccccc12. The second-order valence-corrected chi connectivity index (χ2v) is 10.2. The Hall–Kier alpha value is -3.48. The molecule has 3 aromatic heterocycles. The standard InChI is InChI=1S/C23H21N5O4S3/c1-4-9-28-20(14-10-33-15-8-6-5-7-13(14)15)26-27-23(28)34-11-16(29)25-21-17(22(31)32-3)12(2)18(35-21)19(24)30/h4-8,10H,1,9,11H2,2-3H3,(H2,24,30)(H,25,29). The summed E-state index contributed by atoms with van der Waals surface area (Å²) in [5.74, 6) is -1.03. The van der Waals surface area contributed by atoms with Crippen molar-refractivity contribution in [1.29, 1.82) is 0 Å². The van der Waals surface area contributed by atoms with Gasteiger partial charge in [-0.2, -0.15) is 0 Å². The molecule has 0 radical (unpaired) electrons. The number of nitrogens with zero attached hydrogens (tertiary/aromatic N) is 3. The van der Waals surface area contributed by atoms with Crippen molar-refractivity contribution in [2.45, 2.75) is 18.6 Å². The summed E-state index contributed by atoms with van der Waals surface area (Å²) in [6.45, 7) is 5.88. The van der Waals surface area contributed by atoms with E-state index < -0.39 is 11.9 Å². The summed E-state index contributed by atoms with van der Waals surface area (Å²) >= 11 is 3.77. The first kappa shape index (κ1) is 24.6. The van der Waals surface area contributed by atoms with E-state index in [-0.39, 0.29) is 27.1 Å². The molecule has 0 fully saturated rings. The summed E-state index contributed by atoms with van der Waals surface area (Å²) in [7, 11) is 1.23. The first-order chi connectivity index (χ1) is 16.8. The number of thioether (sulfide) groups is 1. The Morgan fingerprint density at radius 3 is 2.77 bits per heavy atom. The number of carbonyl (C=O) groups excluding carboxylic acids is 3. The normalized spacial score (nSPS) is 10.9. The van der Waals surface area contributed by atoms with Crippen molar-refractivity contribution in [1.82, 2.24) is 14.8 Å². The number of amides is 2. The van der Waals surface area contributed by atoms with E-state index in [0.717, 1.165) is 27.0 Å². The Labute approximate surface area is 213 Å². The number of allylic oxidation sites excluding steroid dienone is 1. The monoisotopic (exact) mass is 527 g/mol. The van der Waals surface area contributed by atoms with Gasteiger partial charge in [-0.05, 0) is 18.6 Å². The number of primary amides is 1. The Kier molecular flexibility index (Phi) is 7.34. The number of thiophene rings is 2. The lowest BCUT2D eigenvalue weighted by molar-refractivity contribution is -0.113. The number of methoxy groups -OCH3 is 1. The molecule has 0 saturated carbocycles. The van der Waals surface area contributed by atoms with Crippen LogP contribution in [0.1, 0.15) is 25.6 Å². The number of fused-ring (bicyclic) bond motifs is 1. The fourth-order valence-electron chi connectivity index (χ4n) is 3.52. The van der Waals surface area contributed by atoms with Crippen LogP contribution in [0.3, 0.4) is 0 Å². The van der Waals surface area contributed by atoms with Gasteiger partial charge in [0.1, 0.15) is 5.00 Å². The van der Waals surface area contributed by atoms with Crippen LogP contribution in [0.2, 0.25) is 0 Å². The third kappa shape index (κ3) is 4.85. The van der Waals surface area contributed by atoms with Crippen LogP contribution < -0.4 is 11.1 Å². The van der Waals surface area contributed by atoms with Crippen molar-refractivity contribution < 1.29 is 19.1 Å². The minimum absolute atomic E-state index is 0.00310. The molecular weight excluding hydrogens is 506 g/mol. The molecule has 2 amide bonds. The van der Waals surface area contributed by atoms with Gasteiger partial charge in [0.25, 0.3) is 5.91 Å². The smallest absolute Gasteiger partial charge is 0.341 e. The lowest BCUT2D eigenvalue weighted by Crippen LogP contribution is -2.16. The Bertz CT molecular complexity index is 1450. The minimum Gasteiger partial charge on any atom is -0.465 e. The van der Waals surface area contributed by atoms with E-state index in [1.54, 1.807) is 24.3 Å². The predicted molar refractivity (Wildman–Crippen MR) is 139 cm³/mol. The van der Waals surface area contributed by atoms with Crippen molar-refractivity contribution in [2.24, 2.45) is 5.73 Å². The van der Waals surface area contributed by atoms with Crippen molar-refractivity contribution in [2.75, 3.05) is 18.2 Å². The van der Waals surface area contributed by atoms with Crippen LogP contribution in [0, 0.1) is 6.92 Å². The van der Waals surface area contributed by atoms with Gasteiger partial charge in [0.15, 0.2) is 11.0 Å². The molecule has 9 nitrogen and oxygen atoms in total. The molecule has 4 rings (SSSR count). The molecule has 0 bridgehead atoms. The molecule has 3 heterocycles. The van der Waals surface area contributed by atoms with Crippen LogP contribution in [-0.2, 0) is 16.1 Å². The number of ether oxygens (including phenoxy) is 1. The summed E-state index contributed by atoms with van der Waals surface area (Å²) in [5, 5.41) is 15.3. The van der Waals surface area contributed by atoms with E-state index in [1.165, 1.54) is 18.9 Å². The zero-order chi connectivity index (χ0) is 25.1. The van der Waals surface area contributed by atoms with Crippen LogP contribution in [0.15, 0.2) is 47.5 Å². The highest BCUT2D eigenvalue weighted by atomic mass is 32.2. The maximum absolute atomic E-state index is 12.7. The molecule has 0 unspecified atom stereocenters. The molecule has 0 aliphatic heterocycles. The average Bonchev–Trinajstić information content (AvgIpc) is 3.53. The van der Waals surface area contributed by atoms with Gasteiger partial charge in [0.05, 0.1) is 23.3 Å². The van der Waals surface area contributed by atoms with Crippen molar-refractivity contribution in [3.63, 3.8) is 0 Å². The summed E-state index contributed by atoms with van der Waals surface area (Å²) in [6, 6.07) is 8.06. The van der Waals surface area contributed by atoms with Crippen LogP contribution in [0.4, 0.5) is 5.00 Å². The largest absolute Gasteiger partial charge is 0.465 e. The molecule has 0 aliphatic rings. The Morgan fingerprint density at radius 1 is 1.29 bits per heavy atom. The highest BCUT2D eigenvalue weighted by molar-refractivity contribution is 7.99. The molecule has 0 saturated heterocycles. The molecule has 35 heavy (non-hydrogen) atoms. The van der Waals surface area contributed by atoms with E-state index in [1.807, 2.05) is 28.1 Å². The molecule has 1 aromatic carbocycles. The lowest BCUT2D eigenvalue weighted by Gasteiger charge is -2.08. The number of aromatic nitrogens is 3. The molecule has 180 valence electrons. The Balaban J connectivity index is 1.55. The van der Waals surface area contributed by atoms with E-state index >= 15 is 0 Å². The highest BCUT2D eigenvalue weighted by Crippen LogP contribution is 2.35. The van der Waals surface area contributed by atoms with E-state index in [0.29, 0.717) is 23.1 Å². The Morgan fingerprint density at radius 2 is 2.06 bits per heavy atom. The maximum atomic E-state index is 12.7. The number of carbonyl (C=O) groups is 3. The van der Waals surface area contributed by atoms with Crippen molar-refractivity contribution in [3.05, 3.63) is 58.3 Å². The fraction of sp³-hybridized carbons (Fsp3) is 0.174. The molecular formula is C23H21N5O4S3. The first-order valence-corrected chi connectivity index (χ1v) is 13.0. The molecule has 0 atom stereocenters. The van der Waals surface area contributed by atoms with Gasteiger partial charge in [0, 0.05) is 27.6 Å². The fourth-order valence-corrected chi connectivity index (χ4v) is 6.27. The van der Waals surface area contributed by atoms with Crippen LogP contribution in [0.25, 0.3) is 21.5 Å². The molecule has 0 spiro atoms. The van der Waals surface area contributed by atoms with Crippen molar-refractivity contribution >= 4 is 67.3 Å². The summed E-state index contributed by atoms with van der Waals surface area (Å²) in [6.07, 6.45) is 1.74. The second-order valence-electron chi connectivity index (χ2n) is 7.30. The predicted octanol–water partition coefficient (Wildman–Crippen LogP) is 4.33. The first-order valence-electron chi connectivity index (χ1n) is 10.3. The maximum Gasteiger partial charge on any atom is 0.341 e. The van der Waals surface area contributed by atoms with Gasteiger partial charge in [-0.25, -0.2) is 4.79 Å². The third-order valence-electron chi connectivity index (χ3n) is 5.10. The number of nitrogens with two attached hydrogens (primary N) is 1. The lowest BCUT2D eigenvalue weighted by atomic mass is 10.1. The van der Waals surface area contributed by atoms with Crippen LogP contribution >= 0.6 is 34.4 Å². The summed E-state index contributed by atoms with van der Waals surface area (Å²) in [4.78, 5) is 36.9. The topological polar surface area (TPSA) is 129 Å². The molecule has 3 N–H and O–H groups in total. The number of hydrogen-bond donors (Lipinski definition) is 2. The third-order valence-corrected chi connectivity index (χ3v) is 8.25. The zero-order valence-electron chi connectivity index (χ0n) is 18.9. The van der Waals surface area contributed by atoms with E-state index in [4.69, 9.17) is 10.5 Å². The van der Waals surface area contributed by atoms with Crippen molar-refractivity contribution in [3.8, 4) is 11.4 Å². The quantitative estimate of drug-likeness (QED) is 0.188. The summed E-state index contributed by atoms with van der Waals surface area (Å²) in [5.41, 5.74) is 6.86. The van der Waals surface area contributed by atoms with Crippen LogP contribution in [-0.4, -0.2) is 45.4 Å². The van der Waals surface area contributed by atoms with Gasteiger partial charge in [-0.3, -0.25) is 14.2 Å². The van der Waals surface area contributed by atoms with Gasteiger partial charge in [0.2, 0.25) is 5.91 Å². The number of hydrogen-bond acceptors (Lipinski definition) is 9. The minimum atomic E-state index is -0.682. The van der Waals surface area contributed by atoms with E-state index in [9.17, 15) is 14.4 Å². The molecule has 4 aromatic rings. The average molecular weight is 528 g/mol. The van der Waals surface area contributed by atoms with Gasteiger partial charge in [-0.15, -0.1) is 39.4 Å². The number of rotatable bonds is 9. The number of esters is 1. The molecule has 12 heteroatoms. The summed E-state index contributed by atoms with van der Waals surface area (Å²) < 4.78 is 7.85. The van der Waals surface area contributed by atoms with Gasteiger partial charge < -0.3 is 15.8 Å². The highest BCUT2D eigenvalue weighted by Gasteiger charge is 2.25. The second kappa shape index (κ2) is 10.4.